The number of ether oxygens (including phenoxy) is 2. The van der Waals surface area contributed by atoms with Crippen LogP contribution < -0.4 is 10.1 Å². The molecule has 35 heavy (non-hydrogen) atoms. The van der Waals surface area contributed by atoms with E-state index in [4.69, 9.17) is 13.9 Å². The van der Waals surface area contributed by atoms with Crippen molar-refractivity contribution in [2.75, 3.05) is 24.8 Å². The summed E-state index contributed by atoms with van der Waals surface area (Å²) >= 11 is 1.26. The number of aromatic nitrogens is 3. The second-order valence-electron chi connectivity index (χ2n) is 7.31. The number of nitrogens with zero attached hydrogens (tertiary/aromatic N) is 3. The first-order valence-electron chi connectivity index (χ1n) is 10.9. The number of hydrogen-bond acceptors (Lipinski definition) is 8. The summed E-state index contributed by atoms with van der Waals surface area (Å²) in [5.74, 6) is 1.50. The van der Waals surface area contributed by atoms with Gasteiger partial charge < -0.3 is 19.2 Å². The van der Waals surface area contributed by atoms with E-state index in [1.807, 2.05) is 41.0 Å². The minimum Gasteiger partial charge on any atom is -0.496 e. The van der Waals surface area contributed by atoms with E-state index in [2.05, 4.69) is 15.5 Å². The first kappa shape index (κ1) is 24.1. The zero-order chi connectivity index (χ0) is 24.6. The van der Waals surface area contributed by atoms with Crippen molar-refractivity contribution in [1.29, 1.82) is 0 Å². The number of nitrogens with one attached hydrogen (secondary N) is 1. The van der Waals surface area contributed by atoms with Gasteiger partial charge in [-0.1, -0.05) is 23.9 Å². The quantitative estimate of drug-likeness (QED) is 0.255. The van der Waals surface area contributed by atoms with Crippen LogP contribution >= 0.6 is 11.8 Å². The number of thioether (sulfide) groups is 1. The van der Waals surface area contributed by atoms with Crippen LogP contribution in [0.1, 0.15) is 23.0 Å². The first-order chi connectivity index (χ1) is 17.1. The molecular weight excluding hydrogens is 468 g/mol. The molecule has 10 heteroatoms. The van der Waals surface area contributed by atoms with E-state index < -0.39 is 5.97 Å². The third-order valence-electron chi connectivity index (χ3n) is 4.97. The van der Waals surface area contributed by atoms with Gasteiger partial charge in [-0.25, -0.2) is 4.79 Å². The normalized spacial score (nSPS) is 10.7. The van der Waals surface area contributed by atoms with Crippen LogP contribution in [0.4, 0.5) is 5.69 Å². The Morgan fingerprint density at radius 3 is 2.57 bits per heavy atom. The number of carbonyl (C=O) groups is 2. The predicted molar refractivity (Wildman–Crippen MR) is 132 cm³/mol. The number of rotatable bonds is 10. The second kappa shape index (κ2) is 11.4. The summed E-state index contributed by atoms with van der Waals surface area (Å²) < 4.78 is 17.9. The van der Waals surface area contributed by atoms with Gasteiger partial charge >= 0.3 is 5.97 Å². The fourth-order valence-electron chi connectivity index (χ4n) is 3.36. The Balaban J connectivity index is 1.48. The molecule has 0 fully saturated rings. The van der Waals surface area contributed by atoms with Crippen LogP contribution in [0.3, 0.4) is 0 Å². The van der Waals surface area contributed by atoms with Crippen LogP contribution in [0, 0.1) is 0 Å². The molecule has 2 heterocycles. The fraction of sp³-hybridized carbons (Fsp3) is 0.200. The van der Waals surface area contributed by atoms with Gasteiger partial charge in [0.2, 0.25) is 5.91 Å². The van der Waals surface area contributed by atoms with Crippen molar-refractivity contribution in [3.05, 3.63) is 78.3 Å². The number of furan rings is 1. The number of amides is 1. The maximum Gasteiger partial charge on any atom is 0.338 e. The molecule has 180 valence electrons. The average molecular weight is 493 g/mol. The zero-order valence-electron chi connectivity index (χ0n) is 19.3. The van der Waals surface area contributed by atoms with E-state index in [0.717, 1.165) is 11.3 Å². The van der Waals surface area contributed by atoms with Crippen molar-refractivity contribution < 1.29 is 23.5 Å². The van der Waals surface area contributed by atoms with Crippen molar-refractivity contribution >= 4 is 29.3 Å². The van der Waals surface area contributed by atoms with Gasteiger partial charge in [-0.15, -0.1) is 10.2 Å². The third kappa shape index (κ3) is 5.90. The monoisotopic (exact) mass is 492 g/mol. The SMILES string of the molecule is CCOC(=O)c1ccc(NC(=O)CSc2nnc(-c3ccccc3OC)n2Cc2ccco2)cc1. The van der Waals surface area contributed by atoms with Crippen LogP contribution in [0.25, 0.3) is 11.4 Å². The molecule has 0 spiro atoms. The van der Waals surface area contributed by atoms with E-state index in [0.29, 0.717) is 41.1 Å². The third-order valence-corrected chi connectivity index (χ3v) is 5.94. The Morgan fingerprint density at radius 2 is 1.86 bits per heavy atom. The molecule has 0 saturated heterocycles. The Labute approximate surface area is 206 Å². The molecule has 0 radical (unpaired) electrons. The molecular formula is C25H24N4O5S. The van der Waals surface area contributed by atoms with Gasteiger partial charge in [0, 0.05) is 5.69 Å². The van der Waals surface area contributed by atoms with E-state index in [1.165, 1.54) is 11.8 Å². The first-order valence-corrected chi connectivity index (χ1v) is 11.9. The molecule has 0 aliphatic carbocycles. The summed E-state index contributed by atoms with van der Waals surface area (Å²) in [6.07, 6.45) is 1.61. The molecule has 1 amide bonds. The van der Waals surface area contributed by atoms with E-state index >= 15 is 0 Å². The minimum absolute atomic E-state index is 0.113. The van der Waals surface area contributed by atoms with Gasteiger partial charge in [-0.3, -0.25) is 9.36 Å². The Bertz CT molecular complexity index is 1290. The zero-order valence-corrected chi connectivity index (χ0v) is 20.1. The molecule has 0 unspecified atom stereocenters. The fourth-order valence-corrected chi connectivity index (χ4v) is 4.09. The van der Waals surface area contributed by atoms with Crippen LogP contribution in [0.15, 0.2) is 76.5 Å². The topological polar surface area (TPSA) is 108 Å². The Hall–Kier alpha value is -4.05. The van der Waals surface area contributed by atoms with Crippen molar-refractivity contribution in [3.8, 4) is 17.1 Å². The van der Waals surface area contributed by atoms with Gasteiger partial charge in [-0.2, -0.15) is 0 Å². The second-order valence-corrected chi connectivity index (χ2v) is 8.25. The molecule has 0 bridgehead atoms. The van der Waals surface area contributed by atoms with Crippen molar-refractivity contribution in [2.24, 2.45) is 0 Å². The Kier molecular flexibility index (Phi) is 7.84. The van der Waals surface area contributed by atoms with E-state index in [-0.39, 0.29) is 11.7 Å². The Morgan fingerprint density at radius 1 is 1.06 bits per heavy atom. The molecule has 4 rings (SSSR count). The van der Waals surface area contributed by atoms with E-state index in [9.17, 15) is 9.59 Å². The van der Waals surface area contributed by atoms with Crippen LogP contribution in [0.5, 0.6) is 5.75 Å². The molecule has 4 aromatic rings. The molecule has 0 aliphatic rings. The summed E-state index contributed by atoms with van der Waals surface area (Å²) in [7, 11) is 1.60. The van der Waals surface area contributed by atoms with Crippen LogP contribution in [-0.4, -0.2) is 46.1 Å². The molecule has 9 nitrogen and oxygen atoms in total. The number of anilines is 1. The van der Waals surface area contributed by atoms with Gasteiger partial charge in [0.05, 0.1) is 43.4 Å². The molecule has 2 aromatic carbocycles. The lowest BCUT2D eigenvalue weighted by Crippen LogP contribution is -2.15. The number of esters is 1. The molecule has 0 saturated carbocycles. The number of para-hydroxylation sites is 1. The summed E-state index contributed by atoms with van der Waals surface area (Å²) in [5.41, 5.74) is 1.79. The highest BCUT2D eigenvalue weighted by atomic mass is 32.2. The summed E-state index contributed by atoms with van der Waals surface area (Å²) in [4.78, 5) is 24.4. The lowest BCUT2D eigenvalue weighted by atomic mass is 10.2. The number of hydrogen-bond donors (Lipinski definition) is 1. The number of carbonyl (C=O) groups excluding carboxylic acids is 2. The maximum absolute atomic E-state index is 12.6. The summed E-state index contributed by atoms with van der Waals surface area (Å²) in [6.45, 7) is 2.45. The summed E-state index contributed by atoms with van der Waals surface area (Å²) in [5, 5.41) is 12.1. The minimum atomic E-state index is -0.400. The van der Waals surface area contributed by atoms with E-state index in [1.54, 1.807) is 44.6 Å². The average Bonchev–Trinajstić information content (AvgIpc) is 3.53. The van der Waals surface area contributed by atoms with Gasteiger partial charge in [0.15, 0.2) is 11.0 Å². The largest absolute Gasteiger partial charge is 0.496 e. The molecule has 2 aromatic heterocycles. The maximum atomic E-state index is 12.6. The lowest BCUT2D eigenvalue weighted by Gasteiger charge is -2.11. The van der Waals surface area contributed by atoms with Gasteiger partial charge in [0.25, 0.3) is 0 Å². The highest BCUT2D eigenvalue weighted by molar-refractivity contribution is 7.99. The lowest BCUT2D eigenvalue weighted by molar-refractivity contribution is -0.113. The number of methoxy groups -OCH3 is 1. The smallest absolute Gasteiger partial charge is 0.338 e. The van der Waals surface area contributed by atoms with Gasteiger partial charge in [-0.05, 0) is 55.5 Å². The summed E-state index contributed by atoms with van der Waals surface area (Å²) in [6, 6.07) is 17.8. The highest BCUT2D eigenvalue weighted by Gasteiger charge is 2.19. The predicted octanol–water partition coefficient (Wildman–Crippen LogP) is 4.50. The van der Waals surface area contributed by atoms with Crippen molar-refractivity contribution in [2.45, 2.75) is 18.6 Å². The van der Waals surface area contributed by atoms with Gasteiger partial charge in [0.1, 0.15) is 11.5 Å². The molecule has 0 aliphatic heterocycles. The van der Waals surface area contributed by atoms with Crippen LogP contribution in [-0.2, 0) is 16.1 Å². The molecule has 1 N–H and O–H groups in total. The number of benzene rings is 2. The van der Waals surface area contributed by atoms with Crippen molar-refractivity contribution in [1.82, 2.24) is 14.8 Å². The van der Waals surface area contributed by atoms with Crippen LogP contribution in [0.2, 0.25) is 0 Å². The standard InChI is InChI=1S/C25H24N4O5S/c1-3-33-24(31)17-10-12-18(13-11-17)26-22(30)16-35-25-28-27-23(20-8-4-5-9-21(20)32-2)29(25)15-19-7-6-14-34-19/h4-14H,3,15-16H2,1-2H3,(H,26,30). The molecule has 0 atom stereocenters. The van der Waals surface area contributed by atoms with Crippen molar-refractivity contribution in [3.63, 3.8) is 0 Å². The highest BCUT2D eigenvalue weighted by Crippen LogP contribution is 2.31.